The van der Waals surface area contributed by atoms with Crippen LogP contribution in [0.25, 0.3) is 22.2 Å². The number of aromatic nitrogens is 6. The average molecular weight is 349 g/mol. The molecule has 8 heteroatoms. The van der Waals surface area contributed by atoms with Gasteiger partial charge in [0.15, 0.2) is 5.65 Å². The van der Waals surface area contributed by atoms with Gasteiger partial charge in [0.2, 0.25) is 5.65 Å². The predicted octanol–water partition coefficient (Wildman–Crippen LogP) is 1.64. The van der Waals surface area contributed by atoms with Crippen LogP contribution in [0.3, 0.4) is 0 Å². The lowest BCUT2D eigenvalue weighted by Gasteiger charge is -2.19. The standard InChI is InChI=1S/C18H19N7O/c1-2-24(8-9-26)16-11-20-17-18(21-16)25(23-22-17)12-13-5-6-15-14(10-13)4-3-7-19-15/h3-7,10-11,26H,2,8-9,12H2,1H3. The molecule has 8 nitrogen and oxygen atoms in total. The third-order valence-electron chi connectivity index (χ3n) is 4.29. The Morgan fingerprint density at radius 1 is 1.19 bits per heavy atom. The molecule has 0 bridgehead atoms. The van der Waals surface area contributed by atoms with Crippen LogP contribution in [0.5, 0.6) is 0 Å². The van der Waals surface area contributed by atoms with Crippen LogP contribution in [0.15, 0.2) is 42.7 Å². The number of nitrogens with zero attached hydrogens (tertiary/aromatic N) is 7. The van der Waals surface area contributed by atoms with Crippen molar-refractivity contribution in [3.05, 3.63) is 48.3 Å². The van der Waals surface area contributed by atoms with E-state index < -0.39 is 0 Å². The third kappa shape index (κ3) is 3.06. The largest absolute Gasteiger partial charge is 0.395 e. The molecule has 0 atom stereocenters. The fourth-order valence-corrected chi connectivity index (χ4v) is 2.96. The summed E-state index contributed by atoms with van der Waals surface area (Å²) in [5.74, 6) is 0.709. The van der Waals surface area contributed by atoms with Crippen LogP contribution in [0, 0.1) is 0 Å². The second-order valence-electron chi connectivity index (χ2n) is 5.96. The molecular formula is C18H19N7O. The van der Waals surface area contributed by atoms with Crippen LogP contribution < -0.4 is 4.90 Å². The van der Waals surface area contributed by atoms with Crippen LogP contribution in [0.4, 0.5) is 5.82 Å². The number of pyridine rings is 1. The molecule has 26 heavy (non-hydrogen) atoms. The molecule has 4 aromatic rings. The summed E-state index contributed by atoms with van der Waals surface area (Å²) >= 11 is 0. The zero-order valence-corrected chi connectivity index (χ0v) is 14.4. The second-order valence-corrected chi connectivity index (χ2v) is 5.96. The van der Waals surface area contributed by atoms with Crippen LogP contribution in [-0.2, 0) is 6.54 Å². The zero-order chi connectivity index (χ0) is 17.9. The van der Waals surface area contributed by atoms with Gasteiger partial charge in [0.1, 0.15) is 5.82 Å². The maximum Gasteiger partial charge on any atom is 0.221 e. The van der Waals surface area contributed by atoms with E-state index in [1.165, 1.54) is 0 Å². The molecule has 0 spiro atoms. The molecule has 0 fully saturated rings. The normalized spacial score (nSPS) is 11.3. The minimum atomic E-state index is 0.0657. The summed E-state index contributed by atoms with van der Waals surface area (Å²) in [5, 5.41) is 18.6. The Morgan fingerprint density at radius 2 is 2.12 bits per heavy atom. The van der Waals surface area contributed by atoms with Gasteiger partial charge in [0.05, 0.1) is 24.9 Å². The van der Waals surface area contributed by atoms with Crippen molar-refractivity contribution in [2.75, 3.05) is 24.6 Å². The van der Waals surface area contributed by atoms with Gasteiger partial charge < -0.3 is 10.0 Å². The molecule has 0 aliphatic carbocycles. The first kappa shape index (κ1) is 16.3. The Morgan fingerprint density at radius 3 is 2.96 bits per heavy atom. The number of benzene rings is 1. The number of hydrogen-bond acceptors (Lipinski definition) is 7. The second kappa shape index (κ2) is 7.01. The van der Waals surface area contributed by atoms with E-state index >= 15 is 0 Å². The molecule has 0 aliphatic rings. The Bertz CT molecular complexity index is 1050. The molecule has 4 rings (SSSR count). The van der Waals surface area contributed by atoms with Crippen LogP contribution in [0.2, 0.25) is 0 Å². The predicted molar refractivity (Wildman–Crippen MR) is 98.9 cm³/mol. The van der Waals surface area contributed by atoms with Gasteiger partial charge in [-0.15, -0.1) is 5.10 Å². The van der Waals surface area contributed by atoms with Gasteiger partial charge in [-0.25, -0.2) is 14.6 Å². The molecule has 0 saturated heterocycles. The summed E-state index contributed by atoms with van der Waals surface area (Å²) in [7, 11) is 0. The van der Waals surface area contributed by atoms with Gasteiger partial charge in [-0.1, -0.05) is 17.3 Å². The van der Waals surface area contributed by atoms with Crippen LogP contribution in [-0.4, -0.2) is 54.7 Å². The lowest BCUT2D eigenvalue weighted by molar-refractivity contribution is 0.302. The number of aliphatic hydroxyl groups is 1. The molecular weight excluding hydrogens is 330 g/mol. The number of anilines is 1. The van der Waals surface area contributed by atoms with Gasteiger partial charge in [0, 0.05) is 24.7 Å². The maximum absolute atomic E-state index is 9.21. The molecule has 1 N–H and O–H groups in total. The van der Waals surface area contributed by atoms with E-state index in [4.69, 9.17) is 0 Å². The Kier molecular flexibility index (Phi) is 4.40. The van der Waals surface area contributed by atoms with E-state index in [1.54, 1.807) is 17.1 Å². The van der Waals surface area contributed by atoms with Crippen molar-refractivity contribution in [3.63, 3.8) is 0 Å². The minimum absolute atomic E-state index is 0.0657. The summed E-state index contributed by atoms with van der Waals surface area (Å²) in [4.78, 5) is 15.3. The number of hydrogen-bond donors (Lipinski definition) is 1. The van der Waals surface area contributed by atoms with Crippen molar-refractivity contribution in [3.8, 4) is 0 Å². The zero-order valence-electron chi connectivity index (χ0n) is 14.4. The summed E-state index contributed by atoms with van der Waals surface area (Å²) in [6, 6.07) is 10.1. The SMILES string of the molecule is CCN(CCO)c1cnc2nnn(Cc3ccc4ncccc4c3)c2n1. The molecule has 1 aromatic carbocycles. The molecule has 132 valence electrons. The Labute approximate surface area is 150 Å². The van der Waals surface area contributed by atoms with Crippen molar-refractivity contribution in [1.82, 2.24) is 29.9 Å². The van der Waals surface area contributed by atoms with Crippen LogP contribution in [0.1, 0.15) is 12.5 Å². The highest BCUT2D eigenvalue weighted by molar-refractivity contribution is 5.79. The Hall–Kier alpha value is -3.13. The molecule has 0 unspecified atom stereocenters. The van der Waals surface area contributed by atoms with E-state index in [1.807, 2.05) is 36.1 Å². The monoisotopic (exact) mass is 349 g/mol. The third-order valence-corrected chi connectivity index (χ3v) is 4.29. The first-order valence-electron chi connectivity index (χ1n) is 8.54. The van der Waals surface area contributed by atoms with E-state index in [0.29, 0.717) is 30.2 Å². The lowest BCUT2D eigenvalue weighted by Crippen LogP contribution is -2.27. The topological polar surface area (TPSA) is 92.8 Å². The van der Waals surface area contributed by atoms with E-state index in [0.717, 1.165) is 23.0 Å². The lowest BCUT2D eigenvalue weighted by atomic mass is 10.1. The first-order chi connectivity index (χ1) is 12.8. The quantitative estimate of drug-likeness (QED) is 0.565. The van der Waals surface area contributed by atoms with Crippen molar-refractivity contribution < 1.29 is 5.11 Å². The van der Waals surface area contributed by atoms with Crippen LogP contribution >= 0.6 is 0 Å². The first-order valence-corrected chi connectivity index (χ1v) is 8.54. The van der Waals surface area contributed by atoms with Gasteiger partial charge in [-0.3, -0.25) is 4.98 Å². The Balaban J connectivity index is 1.69. The maximum atomic E-state index is 9.21. The van der Waals surface area contributed by atoms with Crippen molar-refractivity contribution in [2.24, 2.45) is 0 Å². The summed E-state index contributed by atoms with van der Waals surface area (Å²) in [5.41, 5.74) is 3.19. The fourth-order valence-electron chi connectivity index (χ4n) is 2.96. The van der Waals surface area contributed by atoms with Gasteiger partial charge in [0.25, 0.3) is 0 Å². The smallest absolute Gasteiger partial charge is 0.221 e. The number of aliphatic hydroxyl groups excluding tert-OH is 1. The number of rotatable bonds is 6. The van der Waals surface area contributed by atoms with E-state index in [-0.39, 0.29) is 6.61 Å². The molecule has 0 radical (unpaired) electrons. The summed E-state index contributed by atoms with van der Waals surface area (Å²) in [6.45, 7) is 3.87. The van der Waals surface area contributed by atoms with Gasteiger partial charge >= 0.3 is 0 Å². The van der Waals surface area contributed by atoms with Crippen molar-refractivity contribution in [1.29, 1.82) is 0 Å². The summed E-state index contributed by atoms with van der Waals surface area (Å²) < 4.78 is 1.75. The highest BCUT2D eigenvalue weighted by Crippen LogP contribution is 2.17. The molecule has 0 aliphatic heterocycles. The number of likely N-dealkylation sites (N-methyl/N-ethyl adjacent to an activating group) is 1. The van der Waals surface area contributed by atoms with Crippen molar-refractivity contribution >= 4 is 28.0 Å². The average Bonchev–Trinajstić information content (AvgIpc) is 3.08. The molecule has 3 heterocycles. The molecule has 0 saturated carbocycles. The molecule has 0 amide bonds. The van der Waals surface area contributed by atoms with Gasteiger partial charge in [-0.2, -0.15) is 0 Å². The minimum Gasteiger partial charge on any atom is -0.395 e. The van der Waals surface area contributed by atoms with E-state index in [9.17, 15) is 5.11 Å². The van der Waals surface area contributed by atoms with Crippen molar-refractivity contribution in [2.45, 2.75) is 13.5 Å². The number of fused-ring (bicyclic) bond motifs is 2. The highest BCUT2D eigenvalue weighted by Gasteiger charge is 2.12. The summed E-state index contributed by atoms with van der Waals surface area (Å²) in [6.07, 6.45) is 3.46. The highest BCUT2D eigenvalue weighted by atomic mass is 16.3. The fraction of sp³-hybridized carbons (Fsp3) is 0.278. The van der Waals surface area contributed by atoms with Gasteiger partial charge in [-0.05, 0) is 30.7 Å². The molecule has 3 aromatic heterocycles. The van der Waals surface area contributed by atoms with E-state index in [2.05, 4.69) is 31.3 Å².